The lowest BCUT2D eigenvalue weighted by atomic mass is 9.85. The standard InChI is InChI=1S/C38H44N6O4.C18H21BrN4O3.C12H17N3O2.C6H5Br2NO/c1-7-27-28(10-12-39-34(27)29-11-13-43-31(35(29)45)15-25-16-38(4,5)17-32(25)43)26-14-30(37(47)42(6)19-26)41-33-9-8-24(18-40-33)36(46)44-22(2)20-48-21-23(44)3;1-11-9-26-10-12(2)23(11)17(24)13-4-5-16(20-7-13)21-15-6-14(19)8-22(3)18(15)25;1-8-6-17-7-9(2)15(8)12(16)10-3-4-11(13)14-5-10;1-9-3-4(7)2-5(8)6(9)10/h8-10,12,14-15,18-19,22-23,29H,7,11,13,16-17,20-21H2,1-6H3,(H,40,41);4-8,11-12H,9-10H2,1-3H3,(H,20,21);3-5,8-9H,6-7H2,1-2H3,(H2,13,14);2-3H,1H3/t22-,23+,29?;11-,12+;8-,9+;. The van der Waals surface area contributed by atoms with Gasteiger partial charge in [0.2, 0.25) is 0 Å². The number of anilines is 5. The molecule has 12 heterocycles. The van der Waals surface area contributed by atoms with E-state index in [1.54, 1.807) is 99.0 Å². The molecule has 0 radical (unpaired) electrons. The minimum Gasteiger partial charge on any atom is -0.384 e. The van der Waals surface area contributed by atoms with Crippen molar-refractivity contribution in [2.75, 3.05) is 56.0 Å². The van der Waals surface area contributed by atoms with Crippen molar-refractivity contribution in [3.8, 4) is 11.1 Å². The molecule has 4 N–H and O–H groups in total. The Balaban J connectivity index is 0.000000172. The molecule has 1 unspecified atom stereocenters. The maximum absolute atomic E-state index is 14.0. The van der Waals surface area contributed by atoms with Gasteiger partial charge < -0.3 is 63.5 Å². The van der Waals surface area contributed by atoms with Gasteiger partial charge in [0, 0.05) is 91.3 Å². The molecule has 0 aromatic carbocycles. The summed E-state index contributed by atoms with van der Waals surface area (Å²) in [6, 6.07) is 19.7. The summed E-state index contributed by atoms with van der Waals surface area (Å²) >= 11 is 9.76. The summed E-state index contributed by atoms with van der Waals surface area (Å²) in [4.78, 5) is 112. The van der Waals surface area contributed by atoms with E-state index in [0.717, 1.165) is 56.4 Å². The van der Waals surface area contributed by atoms with Crippen molar-refractivity contribution in [3.63, 3.8) is 0 Å². The molecule has 8 aromatic heterocycles. The van der Waals surface area contributed by atoms with E-state index in [2.05, 4.69) is 105 Å². The quantitative estimate of drug-likeness (QED) is 0.115. The molecule has 3 fully saturated rings. The molecule has 3 amide bonds. The number of amides is 3. The predicted molar refractivity (Wildman–Crippen MR) is 399 cm³/mol. The Labute approximate surface area is 612 Å². The van der Waals surface area contributed by atoms with E-state index >= 15 is 0 Å². The number of hydrogen-bond donors (Lipinski definition) is 3. The van der Waals surface area contributed by atoms with Crippen LogP contribution < -0.4 is 33.0 Å². The third kappa shape index (κ3) is 17.2. The van der Waals surface area contributed by atoms with Crippen molar-refractivity contribution in [3.05, 3.63) is 199 Å². The number of halogens is 3. The zero-order chi connectivity index (χ0) is 72.9. The number of fused-ring (bicyclic) bond motifs is 3. The zero-order valence-corrected chi connectivity index (χ0v) is 63.7. The Kier molecular flexibility index (Phi) is 24.0. The van der Waals surface area contributed by atoms with Crippen molar-refractivity contribution in [2.45, 2.75) is 137 Å². The third-order valence-electron chi connectivity index (χ3n) is 18.6. The number of nitrogens with two attached hydrogens (primary N) is 1. The highest BCUT2D eigenvalue weighted by Gasteiger charge is 2.40. The lowest BCUT2D eigenvalue weighted by Gasteiger charge is -2.38. The third-order valence-corrected chi connectivity index (χ3v) is 20.1. The average molecular weight is 1570 g/mol. The molecule has 0 bridgehead atoms. The molecular weight excluding hydrogens is 1480 g/mol. The summed E-state index contributed by atoms with van der Waals surface area (Å²) in [6.45, 7) is 22.6. The van der Waals surface area contributed by atoms with Crippen LogP contribution in [0.1, 0.15) is 139 Å². The van der Waals surface area contributed by atoms with Crippen LogP contribution in [0.2, 0.25) is 0 Å². The van der Waals surface area contributed by atoms with E-state index in [9.17, 15) is 33.6 Å². The highest BCUT2D eigenvalue weighted by molar-refractivity contribution is 9.11. The molecule has 24 nitrogen and oxygen atoms in total. The van der Waals surface area contributed by atoms with Gasteiger partial charge in [-0.25, -0.2) is 15.0 Å². The van der Waals surface area contributed by atoms with Crippen LogP contribution in [0, 0.1) is 5.41 Å². The lowest BCUT2D eigenvalue weighted by Crippen LogP contribution is -2.52. The van der Waals surface area contributed by atoms with Crippen LogP contribution in [0.5, 0.6) is 0 Å². The topological polar surface area (TPSA) is 278 Å². The molecule has 3 saturated heterocycles. The second kappa shape index (κ2) is 32.2. The molecular formula is C74H87Br3N14O10. The largest absolute Gasteiger partial charge is 0.384 e. The number of ether oxygens (including phenoxy) is 3. The lowest BCUT2D eigenvalue weighted by molar-refractivity contribution is -0.0251. The number of pyridine rings is 7. The van der Waals surface area contributed by atoms with Crippen molar-refractivity contribution in [2.24, 2.45) is 26.6 Å². The number of morpholine rings is 3. The summed E-state index contributed by atoms with van der Waals surface area (Å²) < 4.78 is 25.5. The molecule has 13 rings (SSSR count). The number of ketones is 1. The van der Waals surface area contributed by atoms with Crippen LogP contribution >= 0.6 is 47.8 Å². The monoisotopic (exact) mass is 1570 g/mol. The number of rotatable bonds is 10. The van der Waals surface area contributed by atoms with Crippen molar-refractivity contribution in [1.82, 2.24) is 52.9 Å². The summed E-state index contributed by atoms with van der Waals surface area (Å²) in [7, 11) is 5.11. The second-order valence-electron chi connectivity index (χ2n) is 27.4. The highest BCUT2D eigenvalue weighted by Crippen LogP contribution is 2.43. The number of nitrogens with zero attached hydrogens (tertiary/aromatic N) is 11. The molecule has 8 aromatic rings. The Morgan fingerprint density at radius 2 is 1.03 bits per heavy atom. The fourth-order valence-electron chi connectivity index (χ4n) is 13.8. The predicted octanol–water partition coefficient (Wildman–Crippen LogP) is 11.1. The first kappa shape index (κ1) is 75.2. The Bertz CT molecular complexity index is 4500. The number of carbonyl (C=O) groups excluding carboxylic acids is 4. The molecule has 27 heteroatoms. The highest BCUT2D eigenvalue weighted by atomic mass is 79.9. The van der Waals surface area contributed by atoms with Gasteiger partial charge in [0.25, 0.3) is 34.4 Å². The fourth-order valence-corrected chi connectivity index (χ4v) is 15.7. The summed E-state index contributed by atoms with van der Waals surface area (Å²) in [5.74, 6) is 1.04. The van der Waals surface area contributed by atoms with E-state index in [4.69, 9.17) is 24.9 Å². The smallest absolute Gasteiger partial charge is 0.274 e. The van der Waals surface area contributed by atoms with Gasteiger partial charge in [-0.3, -0.25) is 38.5 Å². The van der Waals surface area contributed by atoms with Gasteiger partial charge >= 0.3 is 0 Å². The molecule has 0 spiro atoms. The summed E-state index contributed by atoms with van der Waals surface area (Å²) in [5.41, 5.74) is 14.7. The van der Waals surface area contributed by atoms with Crippen LogP contribution in [-0.4, -0.2) is 152 Å². The maximum Gasteiger partial charge on any atom is 0.274 e. The normalized spacial score (nSPS) is 20.6. The molecule has 534 valence electrons. The number of aryl methyl sites for hydroxylation is 3. The summed E-state index contributed by atoms with van der Waals surface area (Å²) in [6.07, 6.45) is 15.0. The summed E-state index contributed by atoms with van der Waals surface area (Å²) in [5, 5.41) is 6.18. The van der Waals surface area contributed by atoms with E-state index < -0.39 is 0 Å². The van der Waals surface area contributed by atoms with E-state index in [1.807, 2.05) is 74.6 Å². The molecule has 5 aliphatic rings. The van der Waals surface area contributed by atoms with Crippen LogP contribution in [-0.2, 0) is 61.2 Å². The first-order valence-corrected chi connectivity index (χ1v) is 36.1. The van der Waals surface area contributed by atoms with Gasteiger partial charge in [-0.05, 0) is 204 Å². The van der Waals surface area contributed by atoms with Gasteiger partial charge in [-0.15, -0.1) is 0 Å². The Hall–Kier alpha value is -8.47. The number of nitrogen functional groups attached to an aromatic ring is 1. The number of carbonyl (C=O) groups is 4. The van der Waals surface area contributed by atoms with Crippen LogP contribution in [0.4, 0.5) is 28.8 Å². The van der Waals surface area contributed by atoms with Gasteiger partial charge in [0.05, 0.1) is 114 Å². The second-order valence-corrected chi connectivity index (χ2v) is 30.0. The van der Waals surface area contributed by atoms with Crippen molar-refractivity contribution >= 4 is 100 Å². The minimum absolute atomic E-state index is 0.0131. The van der Waals surface area contributed by atoms with E-state index in [0.29, 0.717) is 102 Å². The van der Waals surface area contributed by atoms with E-state index in [1.165, 1.54) is 32.8 Å². The zero-order valence-electron chi connectivity index (χ0n) is 58.9. The number of Topliss-reactive ketones (excluding diaryl/α,β-unsaturated/α-hetero) is 1. The van der Waals surface area contributed by atoms with Gasteiger partial charge in [-0.2, -0.15) is 0 Å². The van der Waals surface area contributed by atoms with Crippen LogP contribution in [0.15, 0.2) is 138 Å². The van der Waals surface area contributed by atoms with Crippen LogP contribution in [0.25, 0.3) is 11.1 Å². The number of hydrogen-bond acceptors (Lipinski definition) is 17. The molecule has 1 aliphatic carbocycles. The van der Waals surface area contributed by atoms with E-state index in [-0.39, 0.29) is 87.8 Å². The number of aromatic nitrogens is 8. The SMILES string of the molecule is CCc1c(-c2cc(Nc3ccc(C(=O)N4[C@H](C)COC[C@@H]4C)cn3)c(=O)n(C)c2)ccnc1C1CCn2c(cc3c2CC(C)(C)C3)C1=O.C[C@@H]1COC[C@H](C)N1C(=O)c1ccc(N)nc1.C[C@@H]1COC[C@H](C)N1C(=O)c1ccc(Nc2cc(Br)cn(C)c2=O)nc1.Cn1cc(Br)cc(Br)c1=O. The first-order chi connectivity index (χ1) is 48.0. The van der Waals surface area contributed by atoms with Gasteiger partial charge in [0.1, 0.15) is 28.8 Å². The molecule has 7 atom stereocenters. The molecule has 101 heavy (non-hydrogen) atoms. The Morgan fingerprint density at radius 3 is 1.49 bits per heavy atom. The Morgan fingerprint density at radius 1 is 0.574 bits per heavy atom. The molecule has 4 aliphatic heterocycles. The van der Waals surface area contributed by atoms with Crippen LogP contribution in [0.3, 0.4) is 0 Å². The van der Waals surface area contributed by atoms with Crippen molar-refractivity contribution in [1.29, 1.82) is 0 Å². The van der Waals surface area contributed by atoms with Gasteiger partial charge in [-0.1, -0.05) is 20.8 Å². The molecule has 0 saturated carbocycles. The average Bonchev–Trinajstić information content (AvgIpc) is 1.62. The fraction of sp³-hybridized carbons (Fsp3) is 0.419. The van der Waals surface area contributed by atoms with Gasteiger partial charge in [0.15, 0.2) is 5.78 Å². The number of nitrogens with one attached hydrogen (secondary N) is 2. The van der Waals surface area contributed by atoms with Crippen molar-refractivity contribution < 1.29 is 33.4 Å². The first-order valence-electron chi connectivity index (χ1n) is 33.7. The minimum atomic E-state index is -0.311. The maximum atomic E-state index is 14.0.